The highest BCUT2D eigenvalue weighted by Crippen LogP contribution is 2.15. The monoisotopic (exact) mass is 314 g/mol. The molecule has 0 aromatic heterocycles. The Morgan fingerprint density at radius 1 is 0.500 bits per heavy atom. The average molecular weight is 315 g/mol. The minimum atomic E-state index is -0.301. The van der Waals surface area contributed by atoms with Crippen LogP contribution in [0.5, 0.6) is 0 Å². The minimum absolute atomic E-state index is 0.300. The van der Waals surface area contributed by atoms with Gasteiger partial charge in [0.15, 0.2) is 0 Å². The van der Waals surface area contributed by atoms with Gasteiger partial charge in [0, 0.05) is 0 Å². The Morgan fingerprint density at radius 3 is 1.27 bits per heavy atom. The Hall–Kier alpha value is -0.0800. The van der Waals surface area contributed by atoms with E-state index in [0.717, 1.165) is 25.7 Å². The number of aliphatic hydroxyl groups excluding tert-OH is 2. The highest BCUT2D eigenvalue weighted by molar-refractivity contribution is 4.64. The van der Waals surface area contributed by atoms with E-state index in [0.29, 0.717) is 6.42 Å². The summed E-state index contributed by atoms with van der Waals surface area (Å²) in [6.45, 7) is 4.44. The van der Waals surface area contributed by atoms with E-state index in [2.05, 4.69) is 13.8 Å². The van der Waals surface area contributed by atoms with E-state index in [-0.39, 0.29) is 12.2 Å². The maximum atomic E-state index is 9.94. The number of hydrogen-bond donors (Lipinski definition) is 2. The van der Waals surface area contributed by atoms with Crippen LogP contribution in [-0.2, 0) is 0 Å². The maximum absolute atomic E-state index is 9.94. The second kappa shape index (κ2) is 17.3. The van der Waals surface area contributed by atoms with Crippen molar-refractivity contribution in [1.82, 2.24) is 0 Å². The van der Waals surface area contributed by atoms with Gasteiger partial charge in [0.1, 0.15) is 0 Å². The Labute approximate surface area is 139 Å². The molecule has 2 heteroatoms. The third-order valence-electron chi connectivity index (χ3n) is 4.58. The molecule has 0 aromatic rings. The van der Waals surface area contributed by atoms with Crippen LogP contribution in [0.3, 0.4) is 0 Å². The third kappa shape index (κ3) is 16.3. The van der Waals surface area contributed by atoms with Gasteiger partial charge in [-0.2, -0.15) is 0 Å². The summed E-state index contributed by atoms with van der Waals surface area (Å²) in [5.41, 5.74) is 0. The lowest BCUT2D eigenvalue weighted by atomic mass is 10.0. The van der Waals surface area contributed by atoms with Crippen molar-refractivity contribution < 1.29 is 10.2 Å². The average Bonchev–Trinajstić information content (AvgIpc) is 2.49. The Morgan fingerprint density at radius 2 is 0.818 bits per heavy atom. The largest absolute Gasteiger partial charge is 0.393 e. The van der Waals surface area contributed by atoms with E-state index in [9.17, 15) is 10.2 Å². The summed E-state index contributed by atoms with van der Waals surface area (Å²) in [6.07, 6.45) is 18.4. The molecule has 0 saturated heterocycles. The molecular weight excluding hydrogens is 272 g/mol. The van der Waals surface area contributed by atoms with Crippen LogP contribution >= 0.6 is 0 Å². The maximum Gasteiger partial charge on any atom is 0.0564 e. The molecule has 0 aromatic carbocycles. The smallest absolute Gasteiger partial charge is 0.0564 e. The zero-order chi connectivity index (χ0) is 16.5. The molecule has 2 N–H and O–H groups in total. The van der Waals surface area contributed by atoms with Crippen LogP contribution < -0.4 is 0 Å². The van der Waals surface area contributed by atoms with E-state index in [1.807, 2.05) is 0 Å². The Kier molecular flexibility index (Phi) is 17.2. The molecule has 0 spiro atoms. The van der Waals surface area contributed by atoms with Crippen molar-refractivity contribution in [2.24, 2.45) is 0 Å². The van der Waals surface area contributed by atoms with Crippen LogP contribution in [0.2, 0.25) is 0 Å². The summed E-state index contributed by atoms with van der Waals surface area (Å²) in [5, 5.41) is 19.8. The highest BCUT2D eigenvalue weighted by Gasteiger charge is 2.11. The van der Waals surface area contributed by atoms with Crippen molar-refractivity contribution in [3.63, 3.8) is 0 Å². The summed E-state index contributed by atoms with van der Waals surface area (Å²) < 4.78 is 0. The van der Waals surface area contributed by atoms with Gasteiger partial charge < -0.3 is 10.2 Å². The first kappa shape index (κ1) is 21.9. The van der Waals surface area contributed by atoms with E-state index >= 15 is 0 Å². The first-order valence-electron chi connectivity index (χ1n) is 10.1. The molecule has 0 aliphatic heterocycles. The van der Waals surface area contributed by atoms with Gasteiger partial charge >= 0.3 is 0 Å². The summed E-state index contributed by atoms with van der Waals surface area (Å²) in [5.74, 6) is 0. The van der Waals surface area contributed by atoms with Crippen molar-refractivity contribution >= 4 is 0 Å². The molecule has 134 valence electrons. The number of aliphatic hydroxyl groups is 2. The summed E-state index contributed by atoms with van der Waals surface area (Å²) in [7, 11) is 0. The fraction of sp³-hybridized carbons (Fsp3) is 1.00. The highest BCUT2D eigenvalue weighted by atomic mass is 16.3. The van der Waals surface area contributed by atoms with Gasteiger partial charge in [-0.15, -0.1) is 0 Å². The van der Waals surface area contributed by atoms with Crippen molar-refractivity contribution in [3.05, 3.63) is 0 Å². The van der Waals surface area contributed by atoms with Crippen LogP contribution in [0.1, 0.15) is 117 Å². The van der Waals surface area contributed by atoms with Crippen LogP contribution in [0, 0.1) is 0 Å². The fourth-order valence-electron chi connectivity index (χ4n) is 3.05. The molecule has 0 saturated carbocycles. The van der Waals surface area contributed by atoms with Crippen LogP contribution in [-0.4, -0.2) is 22.4 Å². The van der Waals surface area contributed by atoms with E-state index < -0.39 is 0 Å². The molecule has 22 heavy (non-hydrogen) atoms. The van der Waals surface area contributed by atoms with Gasteiger partial charge in [0.25, 0.3) is 0 Å². The van der Waals surface area contributed by atoms with Gasteiger partial charge in [-0.1, -0.05) is 97.3 Å². The first-order valence-corrected chi connectivity index (χ1v) is 10.1. The molecule has 0 fully saturated rings. The molecule has 0 radical (unpaired) electrons. The molecule has 0 bridgehead atoms. The first-order chi connectivity index (χ1) is 10.7. The van der Waals surface area contributed by atoms with Gasteiger partial charge in [-0.05, 0) is 19.3 Å². The van der Waals surface area contributed by atoms with Gasteiger partial charge in [0.05, 0.1) is 12.2 Å². The van der Waals surface area contributed by atoms with Crippen molar-refractivity contribution in [2.45, 2.75) is 129 Å². The zero-order valence-electron chi connectivity index (χ0n) is 15.4. The lowest BCUT2D eigenvalue weighted by Crippen LogP contribution is -2.17. The van der Waals surface area contributed by atoms with E-state index in [1.165, 1.54) is 70.6 Å². The molecule has 0 heterocycles. The third-order valence-corrected chi connectivity index (χ3v) is 4.58. The lowest BCUT2D eigenvalue weighted by Gasteiger charge is -2.15. The van der Waals surface area contributed by atoms with Crippen molar-refractivity contribution in [2.75, 3.05) is 0 Å². The molecule has 0 rings (SSSR count). The normalized spacial score (nSPS) is 14.2. The SMILES string of the molecule is CCCCCCCCCCCCC(O)CC(O)CCCCC. The number of rotatable bonds is 17. The van der Waals surface area contributed by atoms with Crippen LogP contribution in [0.25, 0.3) is 0 Å². The molecule has 2 atom stereocenters. The minimum Gasteiger partial charge on any atom is -0.393 e. The molecule has 2 nitrogen and oxygen atoms in total. The number of unbranched alkanes of at least 4 members (excludes halogenated alkanes) is 11. The summed E-state index contributed by atoms with van der Waals surface area (Å²) in [4.78, 5) is 0. The van der Waals surface area contributed by atoms with Gasteiger partial charge in [0.2, 0.25) is 0 Å². The Balaban J connectivity index is 3.25. The standard InChI is InChI=1S/C20H42O2/c1-3-5-7-8-9-10-11-12-13-15-17-20(22)18-19(21)16-14-6-4-2/h19-22H,3-18H2,1-2H3. The number of hydrogen-bond acceptors (Lipinski definition) is 2. The fourth-order valence-corrected chi connectivity index (χ4v) is 3.05. The predicted molar refractivity (Wildman–Crippen MR) is 97.2 cm³/mol. The topological polar surface area (TPSA) is 40.5 Å². The summed E-state index contributed by atoms with van der Waals surface area (Å²) in [6, 6.07) is 0. The second-order valence-electron chi connectivity index (χ2n) is 7.01. The predicted octanol–water partition coefficient (Wildman–Crippen LogP) is 5.99. The lowest BCUT2D eigenvalue weighted by molar-refractivity contribution is 0.0681. The molecule has 2 unspecified atom stereocenters. The zero-order valence-corrected chi connectivity index (χ0v) is 15.4. The van der Waals surface area contributed by atoms with Crippen LogP contribution in [0.15, 0.2) is 0 Å². The van der Waals surface area contributed by atoms with Crippen LogP contribution in [0.4, 0.5) is 0 Å². The van der Waals surface area contributed by atoms with E-state index in [4.69, 9.17) is 0 Å². The molecular formula is C20H42O2. The van der Waals surface area contributed by atoms with E-state index in [1.54, 1.807) is 0 Å². The van der Waals surface area contributed by atoms with Gasteiger partial charge in [-0.3, -0.25) is 0 Å². The molecule has 0 amide bonds. The quantitative estimate of drug-likeness (QED) is 0.324. The van der Waals surface area contributed by atoms with Crippen molar-refractivity contribution in [1.29, 1.82) is 0 Å². The molecule has 0 aliphatic carbocycles. The Bertz CT molecular complexity index is 206. The summed E-state index contributed by atoms with van der Waals surface area (Å²) >= 11 is 0. The van der Waals surface area contributed by atoms with Gasteiger partial charge in [-0.25, -0.2) is 0 Å². The molecule has 0 aliphatic rings. The second-order valence-corrected chi connectivity index (χ2v) is 7.01. The van der Waals surface area contributed by atoms with Crippen molar-refractivity contribution in [3.8, 4) is 0 Å².